The summed E-state index contributed by atoms with van der Waals surface area (Å²) in [6.07, 6.45) is 2.26. The molecule has 1 unspecified atom stereocenters. The lowest BCUT2D eigenvalue weighted by Crippen LogP contribution is -2.42. The maximum absolute atomic E-state index is 12.5. The lowest BCUT2D eigenvalue weighted by Gasteiger charge is -2.14. The van der Waals surface area contributed by atoms with Crippen molar-refractivity contribution >= 4 is 18.3 Å². The summed E-state index contributed by atoms with van der Waals surface area (Å²) in [5, 5.41) is 7.41. The van der Waals surface area contributed by atoms with Gasteiger partial charge in [0.25, 0.3) is 5.91 Å². The van der Waals surface area contributed by atoms with Crippen LogP contribution in [0, 0.1) is 12.8 Å². The van der Waals surface area contributed by atoms with E-state index in [9.17, 15) is 4.79 Å². The fourth-order valence-corrected chi connectivity index (χ4v) is 2.98. The van der Waals surface area contributed by atoms with Gasteiger partial charge in [-0.15, -0.1) is 17.5 Å². The van der Waals surface area contributed by atoms with Crippen molar-refractivity contribution < 1.29 is 4.79 Å². The summed E-state index contributed by atoms with van der Waals surface area (Å²) in [5.74, 6) is 1.51. The van der Waals surface area contributed by atoms with Crippen LogP contribution in [0.5, 0.6) is 0 Å². The highest BCUT2D eigenvalue weighted by Crippen LogP contribution is 2.32. The van der Waals surface area contributed by atoms with Gasteiger partial charge in [0.15, 0.2) is 0 Å². The van der Waals surface area contributed by atoms with Gasteiger partial charge in [-0.3, -0.25) is 4.79 Å². The number of rotatable bonds is 6. The third-order valence-corrected chi connectivity index (χ3v) is 4.52. The van der Waals surface area contributed by atoms with Gasteiger partial charge in [0.2, 0.25) is 5.82 Å². The Morgan fingerprint density at radius 3 is 2.64 bits per heavy atom. The molecular weight excluding hydrogens is 338 g/mol. The molecule has 1 atom stereocenters. The lowest BCUT2D eigenvalue weighted by atomic mass is 10.0. The number of nitrogens with two attached hydrogens (primary N) is 1. The van der Waals surface area contributed by atoms with Crippen LogP contribution in [0.15, 0.2) is 24.3 Å². The number of hydrogen-bond acceptors (Lipinski definition) is 4. The van der Waals surface area contributed by atoms with Crippen molar-refractivity contribution in [1.82, 2.24) is 20.1 Å². The minimum atomic E-state index is -0.249. The molecule has 0 spiro atoms. The number of aromatic nitrogens is 3. The van der Waals surface area contributed by atoms with E-state index in [4.69, 9.17) is 5.73 Å². The number of carbonyl (C=O) groups is 1. The first kappa shape index (κ1) is 19.4. The van der Waals surface area contributed by atoms with E-state index in [2.05, 4.69) is 35.3 Å². The van der Waals surface area contributed by atoms with E-state index in [1.165, 1.54) is 5.56 Å². The molecule has 0 bridgehead atoms. The van der Waals surface area contributed by atoms with Crippen molar-refractivity contribution in [2.24, 2.45) is 11.7 Å². The first-order valence-electron chi connectivity index (χ1n) is 8.55. The minimum absolute atomic E-state index is 0. The molecule has 1 aromatic heterocycles. The number of carbonyl (C=O) groups excluding carboxylic acids is 1. The fraction of sp³-hybridized carbons (Fsp3) is 0.500. The zero-order valence-corrected chi connectivity index (χ0v) is 15.7. The molecule has 0 radical (unpaired) electrons. The second kappa shape index (κ2) is 7.97. The molecule has 7 heteroatoms. The Labute approximate surface area is 154 Å². The number of nitrogens with zero attached hydrogens (tertiary/aromatic N) is 3. The van der Waals surface area contributed by atoms with Crippen molar-refractivity contribution in [3.8, 4) is 5.69 Å². The third-order valence-electron chi connectivity index (χ3n) is 4.52. The predicted octanol–water partition coefficient (Wildman–Crippen LogP) is 2.59. The van der Waals surface area contributed by atoms with Crippen molar-refractivity contribution in [2.75, 3.05) is 6.54 Å². The number of benzene rings is 1. The smallest absolute Gasteiger partial charge is 0.291 e. The number of nitrogens with one attached hydrogen (secondary N) is 1. The number of hydrogen-bond donors (Lipinski definition) is 2. The molecular formula is C18H26ClN5O. The quantitative estimate of drug-likeness (QED) is 0.825. The Hall–Kier alpha value is -1.92. The largest absolute Gasteiger partial charge is 0.345 e. The second-order valence-electron chi connectivity index (χ2n) is 6.76. The topological polar surface area (TPSA) is 85.8 Å². The molecule has 6 nitrogen and oxygen atoms in total. The summed E-state index contributed by atoms with van der Waals surface area (Å²) in [6.45, 7) is 6.59. The Morgan fingerprint density at radius 2 is 2.04 bits per heavy atom. The van der Waals surface area contributed by atoms with Crippen LogP contribution in [0.4, 0.5) is 0 Å². The summed E-state index contributed by atoms with van der Waals surface area (Å²) < 4.78 is 1.75. The molecule has 0 aliphatic heterocycles. The van der Waals surface area contributed by atoms with E-state index in [-0.39, 0.29) is 30.2 Å². The van der Waals surface area contributed by atoms with Gasteiger partial charge >= 0.3 is 0 Å². The van der Waals surface area contributed by atoms with Crippen molar-refractivity contribution in [2.45, 2.75) is 45.6 Å². The van der Waals surface area contributed by atoms with E-state index in [0.717, 1.165) is 18.5 Å². The standard InChI is InChI=1S/C18H25N5O.ClH/c1-11(2)14-6-4-5-7-16(14)23-12(3)20-17(22-23)18(24)21-15(10-19)13-8-9-13;/h4-7,11,13,15H,8-10,19H2,1-3H3,(H,21,24);1H. The fourth-order valence-electron chi connectivity index (χ4n) is 2.98. The minimum Gasteiger partial charge on any atom is -0.345 e. The van der Waals surface area contributed by atoms with Crippen molar-refractivity contribution in [3.63, 3.8) is 0 Å². The first-order valence-corrected chi connectivity index (χ1v) is 8.55. The van der Waals surface area contributed by atoms with Gasteiger partial charge < -0.3 is 11.1 Å². The maximum atomic E-state index is 12.5. The molecule has 3 rings (SSSR count). The van der Waals surface area contributed by atoms with Gasteiger partial charge in [-0.2, -0.15) is 0 Å². The van der Waals surface area contributed by atoms with Gasteiger partial charge in [-0.25, -0.2) is 9.67 Å². The molecule has 1 saturated carbocycles. The van der Waals surface area contributed by atoms with Crippen LogP contribution < -0.4 is 11.1 Å². The SMILES string of the molecule is Cc1nc(C(=O)NC(CN)C2CC2)nn1-c1ccccc1C(C)C.Cl. The van der Waals surface area contributed by atoms with Crippen LogP contribution in [0.25, 0.3) is 5.69 Å². The molecule has 1 amide bonds. The molecule has 0 saturated heterocycles. The number of aryl methyl sites for hydroxylation is 1. The Morgan fingerprint density at radius 1 is 1.36 bits per heavy atom. The summed E-state index contributed by atoms with van der Waals surface area (Å²) in [6, 6.07) is 8.09. The van der Waals surface area contributed by atoms with Crippen LogP contribution in [-0.2, 0) is 0 Å². The average Bonchev–Trinajstić information content (AvgIpc) is 3.34. The number of amides is 1. The third kappa shape index (κ3) is 4.19. The van der Waals surface area contributed by atoms with E-state index in [0.29, 0.717) is 24.2 Å². The van der Waals surface area contributed by atoms with Gasteiger partial charge in [-0.1, -0.05) is 32.0 Å². The zero-order valence-electron chi connectivity index (χ0n) is 14.9. The van der Waals surface area contributed by atoms with Crippen LogP contribution in [0.3, 0.4) is 0 Å². The van der Waals surface area contributed by atoms with Crippen LogP contribution >= 0.6 is 12.4 Å². The molecule has 2 aromatic rings. The van der Waals surface area contributed by atoms with Crippen LogP contribution in [0.1, 0.15) is 54.6 Å². The van der Waals surface area contributed by atoms with Gasteiger partial charge in [0.05, 0.1) is 5.69 Å². The predicted molar refractivity (Wildman–Crippen MR) is 100 cm³/mol. The highest BCUT2D eigenvalue weighted by Gasteiger charge is 2.32. The molecule has 136 valence electrons. The van der Waals surface area contributed by atoms with Gasteiger partial charge in [0, 0.05) is 12.6 Å². The summed E-state index contributed by atoms with van der Waals surface area (Å²) in [5.41, 5.74) is 7.90. The normalized spacial score (nSPS) is 14.9. The van der Waals surface area contributed by atoms with Crippen LogP contribution in [-0.4, -0.2) is 33.3 Å². The Kier molecular flexibility index (Phi) is 6.19. The zero-order chi connectivity index (χ0) is 17.3. The maximum Gasteiger partial charge on any atom is 0.291 e. The molecule has 1 aliphatic rings. The molecule has 25 heavy (non-hydrogen) atoms. The Balaban J connectivity index is 0.00000225. The lowest BCUT2D eigenvalue weighted by molar-refractivity contribution is 0.0923. The van der Waals surface area contributed by atoms with E-state index < -0.39 is 0 Å². The number of halogens is 1. The highest BCUT2D eigenvalue weighted by molar-refractivity contribution is 5.90. The van der Waals surface area contributed by atoms with E-state index in [1.807, 2.05) is 25.1 Å². The van der Waals surface area contributed by atoms with Crippen molar-refractivity contribution in [3.05, 3.63) is 41.5 Å². The van der Waals surface area contributed by atoms with E-state index >= 15 is 0 Å². The highest BCUT2D eigenvalue weighted by atomic mass is 35.5. The van der Waals surface area contributed by atoms with Crippen LogP contribution in [0.2, 0.25) is 0 Å². The molecule has 1 aliphatic carbocycles. The summed E-state index contributed by atoms with van der Waals surface area (Å²) in [4.78, 5) is 16.8. The van der Waals surface area contributed by atoms with Crippen molar-refractivity contribution in [1.29, 1.82) is 0 Å². The molecule has 3 N–H and O–H groups in total. The number of para-hydroxylation sites is 1. The monoisotopic (exact) mass is 363 g/mol. The molecule has 1 aromatic carbocycles. The first-order chi connectivity index (χ1) is 11.5. The van der Waals surface area contributed by atoms with Gasteiger partial charge in [0.1, 0.15) is 5.82 Å². The summed E-state index contributed by atoms with van der Waals surface area (Å²) >= 11 is 0. The average molecular weight is 364 g/mol. The Bertz CT molecular complexity index is 739. The summed E-state index contributed by atoms with van der Waals surface area (Å²) in [7, 11) is 0. The van der Waals surface area contributed by atoms with E-state index in [1.54, 1.807) is 4.68 Å². The second-order valence-corrected chi connectivity index (χ2v) is 6.76. The molecule has 1 heterocycles. The molecule has 1 fully saturated rings. The van der Waals surface area contributed by atoms with Gasteiger partial charge in [-0.05, 0) is 43.2 Å².